The maximum absolute atomic E-state index is 5.46. The van der Waals surface area contributed by atoms with Crippen molar-refractivity contribution in [2.45, 2.75) is 41.0 Å². The van der Waals surface area contributed by atoms with Crippen LogP contribution in [0.25, 0.3) is 0 Å². The summed E-state index contributed by atoms with van der Waals surface area (Å²) in [5.74, 6) is 1.43. The summed E-state index contributed by atoms with van der Waals surface area (Å²) >= 11 is 0. The molecular formula is C12H28N2. The summed E-state index contributed by atoms with van der Waals surface area (Å²) in [4.78, 5) is 0. The van der Waals surface area contributed by atoms with Crippen LogP contribution in [0.15, 0.2) is 0 Å². The largest absolute Gasteiger partial charge is 0.330 e. The monoisotopic (exact) mass is 200 g/mol. The van der Waals surface area contributed by atoms with E-state index in [1.54, 1.807) is 0 Å². The average molecular weight is 200 g/mol. The van der Waals surface area contributed by atoms with Gasteiger partial charge in [0.25, 0.3) is 0 Å². The molecule has 0 bridgehead atoms. The van der Waals surface area contributed by atoms with E-state index < -0.39 is 0 Å². The Hall–Kier alpha value is -0.0800. The summed E-state index contributed by atoms with van der Waals surface area (Å²) in [6.45, 7) is 14.5. The van der Waals surface area contributed by atoms with Gasteiger partial charge in [-0.15, -0.1) is 0 Å². The summed E-state index contributed by atoms with van der Waals surface area (Å²) in [6, 6.07) is 0. The van der Waals surface area contributed by atoms with Crippen LogP contribution in [0.1, 0.15) is 41.0 Å². The molecule has 0 saturated heterocycles. The zero-order valence-corrected chi connectivity index (χ0v) is 10.6. The number of rotatable bonds is 7. The van der Waals surface area contributed by atoms with Crippen LogP contribution in [0.5, 0.6) is 0 Å². The van der Waals surface area contributed by atoms with Crippen molar-refractivity contribution < 1.29 is 0 Å². The lowest BCUT2D eigenvalue weighted by Crippen LogP contribution is -2.40. The molecule has 0 fully saturated rings. The van der Waals surface area contributed by atoms with Crippen molar-refractivity contribution in [1.29, 1.82) is 0 Å². The molecule has 3 N–H and O–H groups in total. The summed E-state index contributed by atoms with van der Waals surface area (Å²) in [7, 11) is 0. The molecule has 0 saturated carbocycles. The molecule has 14 heavy (non-hydrogen) atoms. The topological polar surface area (TPSA) is 38.0 Å². The van der Waals surface area contributed by atoms with Gasteiger partial charge >= 0.3 is 0 Å². The van der Waals surface area contributed by atoms with E-state index in [-0.39, 0.29) is 0 Å². The smallest absolute Gasteiger partial charge is 0.00101 e. The van der Waals surface area contributed by atoms with E-state index in [0.29, 0.717) is 17.3 Å². The lowest BCUT2D eigenvalue weighted by atomic mass is 9.70. The van der Waals surface area contributed by atoms with Gasteiger partial charge in [0.1, 0.15) is 0 Å². The van der Waals surface area contributed by atoms with Crippen molar-refractivity contribution in [3.05, 3.63) is 0 Å². The molecule has 2 nitrogen and oxygen atoms in total. The van der Waals surface area contributed by atoms with Gasteiger partial charge in [0.2, 0.25) is 0 Å². The number of nitrogens with two attached hydrogens (primary N) is 1. The van der Waals surface area contributed by atoms with Gasteiger partial charge in [-0.1, -0.05) is 34.6 Å². The van der Waals surface area contributed by atoms with Gasteiger partial charge in [-0.05, 0) is 36.8 Å². The van der Waals surface area contributed by atoms with Crippen molar-refractivity contribution in [1.82, 2.24) is 5.32 Å². The highest BCUT2D eigenvalue weighted by atomic mass is 14.9. The first kappa shape index (κ1) is 13.9. The minimum absolute atomic E-state index is 0.397. The van der Waals surface area contributed by atoms with Crippen molar-refractivity contribution in [2.24, 2.45) is 23.0 Å². The predicted octanol–water partition coefficient (Wildman–Crippen LogP) is 2.24. The normalized spacial score (nSPS) is 12.9. The van der Waals surface area contributed by atoms with Gasteiger partial charge in [-0.25, -0.2) is 0 Å². The second-order valence-electron chi connectivity index (χ2n) is 5.13. The fourth-order valence-corrected chi connectivity index (χ4v) is 1.66. The van der Waals surface area contributed by atoms with Gasteiger partial charge in [0.15, 0.2) is 0 Å². The fourth-order valence-electron chi connectivity index (χ4n) is 1.66. The maximum Gasteiger partial charge on any atom is 0.00101 e. The number of nitrogens with one attached hydrogen (secondary N) is 1. The van der Waals surface area contributed by atoms with Crippen LogP contribution >= 0.6 is 0 Å². The summed E-state index contributed by atoms with van der Waals surface area (Å²) < 4.78 is 0. The average Bonchev–Trinajstić information content (AvgIpc) is 2.11. The minimum atomic E-state index is 0.397. The number of hydrogen-bond acceptors (Lipinski definition) is 2. The van der Waals surface area contributed by atoms with Gasteiger partial charge in [0.05, 0.1) is 0 Å². The van der Waals surface area contributed by atoms with Crippen LogP contribution in [-0.2, 0) is 0 Å². The van der Waals surface area contributed by atoms with Crippen LogP contribution in [0, 0.1) is 17.3 Å². The quantitative estimate of drug-likeness (QED) is 0.619. The zero-order chi connectivity index (χ0) is 11.2. The van der Waals surface area contributed by atoms with E-state index in [4.69, 9.17) is 5.73 Å². The first-order valence-electron chi connectivity index (χ1n) is 5.86. The van der Waals surface area contributed by atoms with Crippen LogP contribution in [-0.4, -0.2) is 19.6 Å². The van der Waals surface area contributed by atoms with E-state index >= 15 is 0 Å². The third-order valence-corrected chi connectivity index (χ3v) is 3.70. The summed E-state index contributed by atoms with van der Waals surface area (Å²) in [5, 5.41) is 3.51. The Kier molecular flexibility index (Phi) is 6.38. The first-order chi connectivity index (χ1) is 6.45. The van der Waals surface area contributed by atoms with Gasteiger partial charge in [-0.2, -0.15) is 0 Å². The second kappa shape index (κ2) is 6.41. The van der Waals surface area contributed by atoms with Crippen molar-refractivity contribution >= 4 is 0 Å². The summed E-state index contributed by atoms with van der Waals surface area (Å²) in [5.41, 5.74) is 5.86. The molecule has 0 amide bonds. The highest BCUT2D eigenvalue weighted by Gasteiger charge is 2.31. The number of hydrogen-bond donors (Lipinski definition) is 2. The van der Waals surface area contributed by atoms with E-state index in [0.717, 1.165) is 26.1 Å². The molecule has 0 atom stereocenters. The lowest BCUT2D eigenvalue weighted by molar-refractivity contribution is 0.134. The van der Waals surface area contributed by atoms with Crippen LogP contribution in [0.2, 0.25) is 0 Å². The molecule has 2 heteroatoms. The molecule has 0 aliphatic rings. The van der Waals surface area contributed by atoms with E-state index in [2.05, 4.69) is 39.9 Å². The fraction of sp³-hybridized carbons (Fsp3) is 1.00. The highest BCUT2D eigenvalue weighted by molar-refractivity contribution is 4.83. The Labute approximate surface area is 89.6 Å². The Balaban J connectivity index is 3.98. The van der Waals surface area contributed by atoms with Crippen LogP contribution in [0.3, 0.4) is 0 Å². The third-order valence-electron chi connectivity index (χ3n) is 3.70. The molecule has 0 radical (unpaired) electrons. The molecule has 0 unspecified atom stereocenters. The Morgan fingerprint density at radius 2 is 1.64 bits per heavy atom. The van der Waals surface area contributed by atoms with Gasteiger partial charge < -0.3 is 11.1 Å². The van der Waals surface area contributed by atoms with E-state index in [1.807, 2.05) is 0 Å². The van der Waals surface area contributed by atoms with Crippen LogP contribution in [0.4, 0.5) is 0 Å². The Morgan fingerprint density at radius 1 is 1.14 bits per heavy atom. The maximum atomic E-state index is 5.46. The molecule has 0 aromatic heterocycles. The Bertz CT molecular complexity index is 133. The van der Waals surface area contributed by atoms with Crippen molar-refractivity contribution in [2.75, 3.05) is 19.6 Å². The molecule has 0 rings (SSSR count). The SMILES string of the molecule is CC(C)C(C)(CNCCCN)C(C)C. The standard InChI is InChI=1S/C12H28N2/c1-10(2)12(5,11(3)4)9-14-8-6-7-13/h10-11,14H,6-9,13H2,1-5H3. The zero-order valence-electron chi connectivity index (χ0n) is 10.6. The molecule has 0 heterocycles. The van der Waals surface area contributed by atoms with Crippen molar-refractivity contribution in [3.8, 4) is 0 Å². The Morgan fingerprint density at radius 3 is 2.00 bits per heavy atom. The molecule has 86 valence electrons. The first-order valence-corrected chi connectivity index (χ1v) is 5.86. The van der Waals surface area contributed by atoms with Gasteiger partial charge in [-0.3, -0.25) is 0 Å². The minimum Gasteiger partial charge on any atom is -0.330 e. The summed E-state index contributed by atoms with van der Waals surface area (Å²) in [6.07, 6.45) is 1.08. The molecule has 0 aliphatic carbocycles. The molecule has 0 aromatic rings. The molecule has 0 aliphatic heterocycles. The van der Waals surface area contributed by atoms with Crippen molar-refractivity contribution in [3.63, 3.8) is 0 Å². The van der Waals surface area contributed by atoms with E-state index in [1.165, 1.54) is 0 Å². The van der Waals surface area contributed by atoms with Crippen LogP contribution < -0.4 is 11.1 Å². The molecular weight excluding hydrogens is 172 g/mol. The second-order valence-corrected chi connectivity index (χ2v) is 5.13. The van der Waals surface area contributed by atoms with Gasteiger partial charge in [0, 0.05) is 6.54 Å². The highest BCUT2D eigenvalue weighted by Crippen LogP contribution is 2.34. The molecule has 0 aromatic carbocycles. The lowest BCUT2D eigenvalue weighted by Gasteiger charge is -2.38. The predicted molar refractivity (Wildman–Crippen MR) is 64.3 cm³/mol. The van der Waals surface area contributed by atoms with E-state index in [9.17, 15) is 0 Å². The third kappa shape index (κ3) is 3.97. The molecule has 0 spiro atoms.